The minimum absolute atomic E-state index is 0.116. The molecule has 0 bridgehead atoms. The van der Waals surface area contributed by atoms with Crippen LogP contribution < -0.4 is 5.73 Å². The molecule has 1 aliphatic carbocycles. The van der Waals surface area contributed by atoms with Crippen molar-refractivity contribution < 1.29 is 9.18 Å². The summed E-state index contributed by atoms with van der Waals surface area (Å²) in [5.74, 6) is -0.187. The number of carbonyl (C=O) groups excluding carboxylic acids is 1. The van der Waals surface area contributed by atoms with Crippen molar-refractivity contribution in [3.63, 3.8) is 0 Å². The van der Waals surface area contributed by atoms with Gasteiger partial charge in [-0.15, -0.1) is 0 Å². The van der Waals surface area contributed by atoms with Crippen LogP contribution in [0, 0.1) is 11.2 Å². The fraction of sp³-hybridized carbons (Fsp3) is 0.562. The Morgan fingerprint density at radius 2 is 2.05 bits per heavy atom. The summed E-state index contributed by atoms with van der Waals surface area (Å²) < 4.78 is 13.4. The second-order valence-corrected chi connectivity index (χ2v) is 5.52. The van der Waals surface area contributed by atoms with Gasteiger partial charge in [0, 0.05) is 19.1 Å². The number of nitrogens with two attached hydrogens (primary N) is 1. The average Bonchev–Trinajstić information content (AvgIpc) is 2.38. The highest BCUT2D eigenvalue weighted by Gasteiger charge is 2.50. The van der Waals surface area contributed by atoms with Gasteiger partial charge in [-0.05, 0) is 44.4 Å². The van der Waals surface area contributed by atoms with Crippen LogP contribution >= 0.6 is 0 Å². The molecule has 2 N–H and O–H groups in total. The molecule has 1 saturated carbocycles. The molecule has 4 heteroatoms. The van der Waals surface area contributed by atoms with Gasteiger partial charge in [0.05, 0.1) is 5.41 Å². The predicted molar refractivity (Wildman–Crippen MR) is 77.5 cm³/mol. The minimum Gasteiger partial charge on any atom is -0.343 e. The molecule has 110 valence electrons. The summed E-state index contributed by atoms with van der Waals surface area (Å²) >= 11 is 0. The van der Waals surface area contributed by atoms with E-state index in [-0.39, 0.29) is 11.7 Å². The van der Waals surface area contributed by atoms with Gasteiger partial charge in [-0.1, -0.05) is 18.6 Å². The third-order valence-electron chi connectivity index (χ3n) is 4.53. The summed E-state index contributed by atoms with van der Waals surface area (Å²) in [6.07, 6.45) is 2.59. The molecule has 1 fully saturated rings. The lowest BCUT2D eigenvalue weighted by atomic mass is 9.61. The third kappa shape index (κ3) is 2.44. The number of amides is 1. The summed E-state index contributed by atoms with van der Waals surface area (Å²) in [6.45, 7) is 5.32. The van der Waals surface area contributed by atoms with E-state index >= 15 is 0 Å². The normalized spacial score (nSPS) is 18.2. The maximum atomic E-state index is 13.4. The molecule has 0 spiro atoms. The van der Waals surface area contributed by atoms with Gasteiger partial charge in [-0.3, -0.25) is 4.79 Å². The number of benzene rings is 1. The van der Waals surface area contributed by atoms with E-state index in [9.17, 15) is 9.18 Å². The lowest BCUT2D eigenvalue weighted by molar-refractivity contribution is -0.149. The number of hydrogen-bond donors (Lipinski definition) is 1. The van der Waals surface area contributed by atoms with Gasteiger partial charge >= 0.3 is 0 Å². The van der Waals surface area contributed by atoms with Crippen LogP contribution in [0.4, 0.5) is 4.39 Å². The fourth-order valence-corrected chi connectivity index (χ4v) is 3.06. The van der Waals surface area contributed by atoms with E-state index < -0.39 is 11.5 Å². The molecule has 3 nitrogen and oxygen atoms in total. The van der Waals surface area contributed by atoms with E-state index in [4.69, 9.17) is 5.73 Å². The number of nitrogens with zero attached hydrogens (tertiary/aromatic N) is 1. The number of halogens is 1. The number of hydrogen-bond acceptors (Lipinski definition) is 2. The molecule has 1 aliphatic rings. The van der Waals surface area contributed by atoms with Crippen LogP contribution in [0.5, 0.6) is 0 Å². The predicted octanol–water partition coefficient (Wildman–Crippen LogP) is 2.86. The van der Waals surface area contributed by atoms with Crippen LogP contribution in [0.2, 0.25) is 0 Å². The molecule has 0 aliphatic heterocycles. The van der Waals surface area contributed by atoms with E-state index in [0.717, 1.165) is 19.3 Å². The Morgan fingerprint density at radius 3 is 2.50 bits per heavy atom. The second kappa shape index (κ2) is 5.92. The zero-order chi connectivity index (χ0) is 14.8. The highest BCUT2D eigenvalue weighted by atomic mass is 19.1. The Kier molecular flexibility index (Phi) is 4.43. The van der Waals surface area contributed by atoms with Gasteiger partial charge in [-0.25, -0.2) is 4.39 Å². The monoisotopic (exact) mass is 278 g/mol. The van der Waals surface area contributed by atoms with Crippen molar-refractivity contribution >= 4 is 5.91 Å². The number of carbonyl (C=O) groups is 1. The smallest absolute Gasteiger partial charge is 0.230 e. The molecular weight excluding hydrogens is 255 g/mol. The molecular formula is C16H23FN2O. The molecule has 1 amide bonds. The van der Waals surface area contributed by atoms with Gasteiger partial charge < -0.3 is 10.6 Å². The van der Waals surface area contributed by atoms with Crippen LogP contribution in [-0.2, 0) is 4.79 Å². The van der Waals surface area contributed by atoms with Gasteiger partial charge in [0.2, 0.25) is 5.91 Å². The Morgan fingerprint density at radius 1 is 1.40 bits per heavy atom. The Bertz CT molecular complexity index is 481. The highest BCUT2D eigenvalue weighted by Crippen LogP contribution is 2.50. The minimum atomic E-state index is -0.542. The maximum absolute atomic E-state index is 13.4. The van der Waals surface area contributed by atoms with Crippen molar-refractivity contribution in [3.05, 3.63) is 35.6 Å². The summed E-state index contributed by atoms with van der Waals surface area (Å²) in [7, 11) is 0. The fourth-order valence-electron chi connectivity index (χ4n) is 3.06. The first-order valence-corrected chi connectivity index (χ1v) is 7.35. The van der Waals surface area contributed by atoms with Crippen molar-refractivity contribution in [2.24, 2.45) is 11.1 Å². The van der Waals surface area contributed by atoms with Crippen LogP contribution in [0.25, 0.3) is 0 Å². The first-order chi connectivity index (χ1) is 9.55. The van der Waals surface area contributed by atoms with Crippen molar-refractivity contribution in [3.8, 4) is 0 Å². The summed E-state index contributed by atoms with van der Waals surface area (Å²) in [5.41, 5.74) is 6.51. The topological polar surface area (TPSA) is 46.3 Å². The van der Waals surface area contributed by atoms with E-state index in [1.165, 1.54) is 12.1 Å². The zero-order valence-electron chi connectivity index (χ0n) is 12.2. The first kappa shape index (κ1) is 15.0. The molecule has 0 heterocycles. The Labute approximate surface area is 120 Å². The molecule has 0 radical (unpaired) electrons. The standard InChI is InChI=1S/C16H23FN2O/c1-3-19(4-2)15(20)16(9-6-10-16)14(18)12-7-5-8-13(17)11-12/h5,7-8,11,14H,3-4,6,9-10,18H2,1-2H3. The summed E-state index contributed by atoms with van der Waals surface area (Å²) in [5, 5.41) is 0. The van der Waals surface area contributed by atoms with Gasteiger partial charge in [0.15, 0.2) is 0 Å². The van der Waals surface area contributed by atoms with Gasteiger partial charge in [0.1, 0.15) is 5.82 Å². The quantitative estimate of drug-likeness (QED) is 0.900. The second-order valence-electron chi connectivity index (χ2n) is 5.52. The SMILES string of the molecule is CCN(CC)C(=O)C1(C(N)c2cccc(F)c2)CCC1. The van der Waals surface area contributed by atoms with Gasteiger partial charge in [-0.2, -0.15) is 0 Å². The van der Waals surface area contributed by atoms with Gasteiger partial charge in [0.25, 0.3) is 0 Å². The van der Waals surface area contributed by atoms with Crippen LogP contribution in [-0.4, -0.2) is 23.9 Å². The van der Waals surface area contributed by atoms with E-state index in [2.05, 4.69) is 0 Å². The van der Waals surface area contributed by atoms with Crippen LogP contribution in [0.15, 0.2) is 24.3 Å². The average molecular weight is 278 g/mol. The summed E-state index contributed by atoms with van der Waals surface area (Å²) in [6, 6.07) is 5.87. The van der Waals surface area contributed by atoms with Crippen LogP contribution in [0.1, 0.15) is 44.7 Å². The third-order valence-corrected chi connectivity index (χ3v) is 4.53. The lowest BCUT2D eigenvalue weighted by Gasteiger charge is -2.47. The molecule has 0 aromatic heterocycles. The van der Waals surface area contributed by atoms with Crippen molar-refractivity contribution in [1.29, 1.82) is 0 Å². The Hall–Kier alpha value is -1.42. The molecule has 2 rings (SSSR count). The van der Waals surface area contributed by atoms with Crippen molar-refractivity contribution in [2.75, 3.05) is 13.1 Å². The molecule has 0 saturated heterocycles. The zero-order valence-corrected chi connectivity index (χ0v) is 12.2. The molecule has 1 unspecified atom stereocenters. The summed E-state index contributed by atoms with van der Waals surface area (Å²) in [4.78, 5) is 14.6. The highest BCUT2D eigenvalue weighted by molar-refractivity contribution is 5.84. The van der Waals surface area contributed by atoms with E-state index in [0.29, 0.717) is 18.7 Å². The molecule has 1 aromatic rings. The molecule has 1 atom stereocenters. The van der Waals surface area contributed by atoms with E-state index in [1.807, 2.05) is 24.8 Å². The molecule has 20 heavy (non-hydrogen) atoms. The molecule has 1 aromatic carbocycles. The van der Waals surface area contributed by atoms with Crippen LogP contribution in [0.3, 0.4) is 0 Å². The van der Waals surface area contributed by atoms with E-state index in [1.54, 1.807) is 6.07 Å². The van der Waals surface area contributed by atoms with Crippen molar-refractivity contribution in [2.45, 2.75) is 39.2 Å². The Balaban J connectivity index is 2.29. The number of rotatable bonds is 5. The lowest BCUT2D eigenvalue weighted by Crippen LogP contribution is -2.53. The largest absolute Gasteiger partial charge is 0.343 e. The van der Waals surface area contributed by atoms with Crippen molar-refractivity contribution in [1.82, 2.24) is 4.90 Å². The first-order valence-electron chi connectivity index (χ1n) is 7.35. The maximum Gasteiger partial charge on any atom is 0.230 e.